The Bertz CT molecular complexity index is 1910. The number of rotatable bonds is 7. The van der Waals surface area contributed by atoms with Gasteiger partial charge in [-0.15, -0.1) is 0 Å². The summed E-state index contributed by atoms with van der Waals surface area (Å²) in [5.74, 6) is -3.26. The van der Waals surface area contributed by atoms with Crippen molar-refractivity contribution in [2.75, 3.05) is 0 Å². The quantitative estimate of drug-likeness (QED) is 0.207. The molecule has 4 aromatic heterocycles. The van der Waals surface area contributed by atoms with Crippen molar-refractivity contribution in [1.29, 1.82) is 0 Å². The van der Waals surface area contributed by atoms with E-state index in [9.17, 15) is 28.6 Å². The van der Waals surface area contributed by atoms with Crippen LogP contribution < -0.4 is 10.6 Å². The minimum Gasteiger partial charge on any atom is -0.504 e. The monoisotopic (exact) mass is 592 g/mol. The third-order valence-corrected chi connectivity index (χ3v) is 6.86. The maximum Gasteiger partial charge on any atom is 0.274 e. The number of hydrogen-bond acceptors (Lipinski definition) is 8. The van der Waals surface area contributed by atoms with Crippen LogP contribution in [0.3, 0.4) is 0 Å². The number of fused-ring (bicyclic) bond motifs is 2. The highest BCUT2D eigenvalue weighted by molar-refractivity contribution is 6.10. The summed E-state index contributed by atoms with van der Waals surface area (Å²) in [6.45, 7) is 0.0526. The number of halogens is 2. The lowest BCUT2D eigenvalue weighted by atomic mass is 10.0. The molecule has 0 aliphatic carbocycles. The van der Waals surface area contributed by atoms with Crippen molar-refractivity contribution in [3.8, 4) is 22.9 Å². The summed E-state index contributed by atoms with van der Waals surface area (Å²) in [7, 11) is 0. The largest absolute Gasteiger partial charge is 0.504 e. The predicted molar refractivity (Wildman–Crippen MR) is 157 cm³/mol. The molecule has 4 N–H and O–H groups in total. The van der Waals surface area contributed by atoms with Gasteiger partial charge < -0.3 is 20.8 Å². The van der Waals surface area contributed by atoms with Crippen molar-refractivity contribution in [2.45, 2.75) is 13.1 Å². The van der Waals surface area contributed by atoms with Gasteiger partial charge in [-0.1, -0.05) is 24.3 Å². The van der Waals surface area contributed by atoms with Crippen molar-refractivity contribution in [2.24, 2.45) is 0 Å². The van der Waals surface area contributed by atoms with E-state index < -0.39 is 34.9 Å². The van der Waals surface area contributed by atoms with Gasteiger partial charge in [0, 0.05) is 36.3 Å². The van der Waals surface area contributed by atoms with Crippen molar-refractivity contribution < 1.29 is 28.6 Å². The molecule has 0 unspecified atom stereocenters. The Kier molecular flexibility index (Phi) is 7.46. The minimum atomic E-state index is -0.737. The van der Waals surface area contributed by atoms with E-state index in [2.05, 4.69) is 30.6 Å². The van der Waals surface area contributed by atoms with E-state index in [1.54, 1.807) is 24.3 Å². The zero-order valence-electron chi connectivity index (χ0n) is 22.8. The van der Waals surface area contributed by atoms with Crippen LogP contribution in [0.4, 0.5) is 8.78 Å². The molecule has 0 aliphatic heterocycles. The van der Waals surface area contributed by atoms with Crippen LogP contribution in [0.5, 0.6) is 11.5 Å². The van der Waals surface area contributed by atoms with Crippen molar-refractivity contribution in [3.63, 3.8) is 0 Å². The van der Waals surface area contributed by atoms with Gasteiger partial charge in [0.05, 0.1) is 11.4 Å². The minimum absolute atomic E-state index is 0.0263. The van der Waals surface area contributed by atoms with Gasteiger partial charge in [0.25, 0.3) is 11.8 Å². The molecule has 0 saturated heterocycles. The van der Waals surface area contributed by atoms with E-state index in [1.165, 1.54) is 60.9 Å². The van der Waals surface area contributed by atoms with Crippen molar-refractivity contribution in [1.82, 2.24) is 30.6 Å². The summed E-state index contributed by atoms with van der Waals surface area (Å²) in [4.78, 5) is 44.0. The van der Waals surface area contributed by atoms with E-state index in [0.29, 0.717) is 21.9 Å². The maximum atomic E-state index is 13.3. The molecular formula is C32H22F2N6O4. The molecule has 0 radical (unpaired) electrons. The van der Waals surface area contributed by atoms with E-state index >= 15 is 0 Å². The summed E-state index contributed by atoms with van der Waals surface area (Å²) in [5, 5.41) is 28.0. The van der Waals surface area contributed by atoms with Crippen LogP contribution in [0.15, 0.2) is 85.2 Å². The van der Waals surface area contributed by atoms with Gasteiger partial charge >= 0.3 is 0 Å². The van der Waals surface area contributed by atoms with Crippen molar-refractivity contribution in [3.05, 3.63) is 119 Å². The van der Waals surface area contributed by atoms with Crippen LogP contribution >= 0.6 is 0 Å². The van der Waals surface area contributed by atoms with Crippen LogP contribution in [0.2, 0.25) is 0 Å². The molecule has 0 spiro atoms. The first-order valence-corrected chi connectivity index (χ1v) is 13.3. The fourth-order valence-corrected chi connectivity index (χ4v) is 4.66. The number of pyridine rings is 4. The fourth-order valence-electron chi connectivity index (χ4n) is 4.66. The van der Waals surface area contributed by atoms with E-state index in [1.807, 2.05) is 0 Å². The Morgan fingerprint density at radius 1 is 0.614 bits per heavy atom. The van der Waals surface area contributed by atoms with E-state index in [0.717, 1.165) is 0 Å². The summed E-state index contributed by atoms with van der Waals surface area (Å²) in [6.07, 6.45) is 2.87. The lowest BCUT2D eigenvalue weighted by Crippen LogP contribution is -2.25. The molecule has 0 fully saturated rings. The number of nitrogens with one attached hydrogen (secondary N) is 2. The summed E-state index contributed by atoms with van der Waals surface area (Å²) >= 11 is 0. The highest BCUT2D eigenvalue weighted by Crippen LogP contribution is 2.38. The topological polar surface area (TPSA) is 150 Å². The number of hydrogen-bond donors (Lipinski definition) is 4. The lowest BCUT2D eigenvalue weighted by molar-refractivity contribution is 0.0934. The number of amides is 2. The van der Waals surface area contributed by atoms with E-state index in [-0.39, 0.29) is 46.9 Å². The number of carbonyl (C=O) groups is 2. The second kappa shape index (κ2) is 11.7. The van der Waals surface area contributed by atoms with Gasteiger partial charge in [-0.2, -0.15) is 0 Å². The second-order valence-corrected chi connectivity index (χ2v) is 9.73. The van der Waals surface area contributed by atoms with Crippen LogP contribution in [-0.2, 0) is 13.1 Å². The van der Waals surface area contributed by atoms with Gasteiger partial charge in [0.2, 0.25) is 0 Å². The molecular weight excluding hydrogens is 570 g/mol. The summed E-state index contributed by atoms with van der Waals surface area (Å²) in [6, 6.07) is 17.6. The molecule has 6 rings (SSSR count). The Labute approximate surface area is 248 Å². The zero-order chi connectivity index (χ0) is 30.8. The van der Waals surface area contributed by atoms with E-state index in [4.69, 9.17) is 0 Å². The SMILES string of the molecule is O=C(NCc1ccc(F)cc1)c1nc(-c2nc(C(=O)NCc3ccc(F)cc3)c(O)c3ncccc23)c2cccnc2c1O. The third kappa shape index (κ3) is 5.43. The van der Waals surface area contributed by atoms with Crippen LogP contribution in [0, 0.1) is 11.6 Å². The average molecular weight is 593 g/mol. The van der Waals surface area contributed by atoms with Gasteiger partial charge in [-0.05, 0) is 59.7 Å². The molecule has 218 valence electrons. The Balaban J connectivity index is 1.44. The highest BCUT2D eigenvalue weighted by atomic mass is 19.1. The third-order valence-electron chi connectivity index (χ3n) is 6.86. The fraction of sp³-hybridized carbons (Fsp3) is 0.0625. The number of aromatic hydroxyl groups is 2. The molecule has 0 aliphatic rings. The zero-order valence-corrected chi connectivity index (χ0v) is 22.8. The number of aromatic nitrogens is 4. The molecule has 2 aromatic carbocycles. The molecule has 0 bridgehead atoms. The molecule has 4 heterocycles. The Morgan fingerprint density at radius 3 is 1.39 bits per heavy atom. The standard InChI is InChI=1S/C32H22F2N6O4/c33-19-9-5-17(6-10-19)15-37-31(43)27-29(41)25-21(3-1-13-35-25)23(39-27)24-22-4-2-14-36-26(22)30(42)28(40-24)32(44)38-16-18-7-11-20(34)12-8-18/h1-14,41-42H,15-16H2,(H,37,43)(H,38,44). The van der Waals surface area contributed by atoms with Crippen LogP contribution in [-0.4, -0.2) is 42.0 Å². The highest BCUT2D eigenvalue weighted by Gasteiger charge is 2.26. The molecule has 6 aromatic rings. The molecule has 0 saturated carbocycles. The average Bonchev–Trinajstić information content (AvgIpc) is 3.05. The number of benzene rings is 2. The van der Waals surface area contributed by atoms with Gasteiger partial charge in [-0.25, -0.2) is 18.7 Å². The molecule has 44 heavy (non-hydrogen) atoms. The second-order valence-electron chi connectivity index (χ2n) is 9.73. The maximum absolute atomic E-state index is 13.3. The first kappa shape index (κ1) is 28.1. The van der Waals surface area contributed by atoms with Crippen molar-refractivity contribution >= 4 is 33.6 Å². The van der Waals surface area contributed by atoms with Crippen LogP contribution in [0.1, 0.15) is 32.1 Å². The van der Waals surface area contributed by atoms with Gasteiger partial charge in [0.15, 0.2) is 22.9 Å². The molecule has 0 atom stereocenters. The Hall–Kier alpha value is -6.04. The summed E-state index contributed by atoms with van der Waals surface area (Å²) < 4.78 is 26.6. The van der Waals surface area contributed by atoms with Crippen LogP contribution in [0.25, 0.3) is 33.2 Å². The molecule has 10 nitrogen and oxygen atoms in total. The predicted octanol–water partition coefficient (Wildman–Crippen LogP) is 4.79. The normalized spacial score (nSPS) is 11.0. The van der Waals surface area contributed by atoms with Gasteiger partial charge in [0.1, 0.15) is 22.7 Å². The number of nitrogens with zero attached hydrogens (tertiary/aromatic N) is 4. The number of carbonyl (C=O) groups excluding carboxylic acids is 2. The first-order chi connectivity index (χ1) is 21.3. The summed E-state index contributed by atoms with van der Waals surface area (Å²) in [5.41, 5.74) is 0.827. The smallest absolute Gasteiger partial charge is 0.274 e. The lowest BCUT2D eigenvalue weighted by Gasteiger charge is -2.15. The van der Waals surface area contributed by atoms with Gasteiger partial charge in [-0.3, -0.25) is 19.6 Å². The first-order valence-electron chi connectivity index (χ1n) is 13.3. The molecule has 2 amide bonds. The Morgan fingerprint density at radius 2 is 1.00 bits per heavy atom. The molecule has 12 heteroatoms.